The number of ether oxygens (including phenoxy) is 1. The van der Waals surface area contributed by atoms with E-state index in [2.05, 4.69) is 20.1 Å². The van der Waals surface area contributed by atoms with Gasteiger partial charge in [0.15, 0.2) is 17.2 Å². The molecule has 0 bridgehead atoms. The van der Waals surface area contributed by atoms with Crippen LogP contribution in [-0.2, 0) is 0 Å². The highest BCUT2D eigenvalue weighted by molar-refractivity contribution is 5.99. The van der Waals surface area contributed by atoms with Crippen LogP contribution >= 0.6 is 0 Å². The van der Waals surface area contributed by atoms with Gasteiger partial charge in [-0.05, 0) is 44.0 Å². The number of amides is 1. The second kappa shape index (κ2) is 7.70. The Bertz CT molecular complexity index is 1050. The smallest absolute Gasteiger partial charge is 0.387 e. The maximum Gasteiger partial charge on any atom is 0.387 e. The molecule has 7 nitrogen and oxygen atoms in total. The van der Waals surface area contributed by atoms with Gasteiger partial charge >= 0.3 is 6.61 Å². The van der Waals surface area contributed by atoms with Gasteiger partial charge in [0.2, 0.25) is 0 Å². The van der Waals surface area contributed by atoms with Crippen molar-refractivity contribution in [3.05, 3.63) is 59.3 Å². The van der Waals surface area contributed by atoms with Crippen molar-refractivity contribution in [1.29, 1.82) is 0 Å². The van der Waals surface area contributed by atoms with Crippen LogP contribution in [-0.4, -0.2) is 37.8 Å². The Kier molecular flexibility index (Phi) is 5.47. The van der Waals surface area contributed by atoms with Gasteiger partial charge in [0.1, 0.15) is 5.56 Å². The van der Waals surface area contributed by atoms with E-state index in [1.165, 1.54) is 30.6 Å². The van der Waals surface area contributed by atoms with Gasteiger partial charge in [-0.25, -0.2) is 13.9 Å². The predicted molar refractivity (Wildman–Crippen MR) is 97.3 cm³/mol. The molecule has 0 saturated heterocycles. The SMILES string of the molecule is Cc1cnc2c(C(=O)NC(c3ccc(OC(F)F)c(F)c3)C(C)(C)O)cnn2c1. The zero-order chi connectivity index (χ0) is 21.3. The van der Waals surface area contributed by atoms with E-state index in [0.29, 0.717) is 5.65 Å². The zero-order valence-corrected chi connectivity index (χ0v) is 15.9. The summed E-state index contributed by atoms with van der Waals surface area (Å²) in [5.41, 5.74) is 0.000713. The van der Waals surface area contributed by atoms with Gasteiger partial charge in [-0.2, -0.15) is 13.9 Å². The molecule has 0 aliphatic rings. The minimum Gasteiger partial charge on any atom is -0.432 e. The lowest BCUT2D eigenvalue weighted by Gasteiger charge is -2.30. The Morgan fingerprint density at radius 1 is 1.31 bits per heavy atom. The van der Waals surface area contributed by atoms with Gasteiger partial charge in [0.25, 0.3) is 5.91 Å². The van der Waals surface area contributed by atoms with Crippen molar-refractivity contribution in [1.82, 2.24) is 19.9 Å². The number of nitrogens with one attached hydrogen (secondary N) is 1. The van der Waals surface area contributed by atoms with Gasteiger partial charge in [-0.3, -0.25) is 4.79 Å². The zero-order valence-electron chi connectivity index (χ0n) is 15.9. The Morgan fingerprint density at radius 2 is 2.03 bits per heavy atom. The first-order chi connectivity index (χ1) is 13.6. The molecule has 0 saturated carbocycles. The first-order valence-corrected chi connectivity index (χ1v) is 8.63. The number of halogens is 3. The van der Waals surface area contributed by atoms with Crippen molar-refractivity contribution in [2.75, 3.05) is 0 Å². The fourth-order valence-corrected chi connectivity index (χ4v) is 2.89. The normalized spacial score (nSPS) is 13.0. The summed E-state index contributed by atoms with van der Waals surface area (Å²) >= 11 is 0. The van der Waals surface area contributed by atoms with Crippen LogP contribution in [0.5, 0.6) is 5.75 Å². The molecule has 2 heterocycles. The molecule has 0 aliphatic heterocycles. The number of benzene rings is 1. The highest BCUT2D eigenvalue weighted by Gasteiger charge is 2.32. The fourth-order valence-electron chi connectivity index (χ4n) is 2.89. The van der Waals surface area contributed by atoms with Crippen molar-refractivity contribution in [2.45, 2.75) is 39.0 Å². The average molecular weight is 408 g/mol. The van der Waals surface area contributed by atoms with Crippen LogP contribution in [0.15, 0.2) is 36.8 Å². The summed E-state index contributed by atoms with van der Waals surface area (Å²) in [6.45, 7) is 1.51. The molecule has 0 radical (unpaired) electrons. The molecule has 154 valence electrons. The van der Waals surface area contributed by atoms with E-state index in [1.807, 2.05) is 6.92 Å². The number of aryl methyl sites for hydroxylation is 1. The molecular weight excluding hydrogens is 389 g/mol. The fraction of sp³-hybridized carbons (Fsp3) is 0.316. The van der Waals surface area contributed by atoms with Crippen LogP contribution in [0, 0.1) is 12.7 Å². The molecule has 1 atom stereocenters. The minimum absolute atomic E-state index is 0.164. The third-order valence-corrected chi connectivity index (χ3v) is 4.22. The number of rotatable bonds is 6. The summed E-state index contributed by atoms with van der Waals surface area (Å²) in [6.07, 6.45) is 4.61. The number of carbonyl (C=O) groups is 1. The quantitative estimate of drug-likeness (QED) is 0.655. The summed E-state index contributed by atoms with van der Waals surface area (Å²) in [5, 5.41) is 17.2. The summed E-state index contributed by atoms with van der Waals surface area (Å²) in [4.78, 5) is 17.0. The van der Waals surface area contributed by atoms with E-state index in [9.17, 15) is 23.1 Å². The van der Waals surface area contributed by atoms with E-state index in [4.69, 9.17) is 0 Å². The lowest BCUT2D eigenvalue weighted by Crippen LogP contribution is -2.42. The Balaban J connectivity index is 1.91. The molecule has 29 heavy (non-hydrogen) atoms. The Labute approximate surface area is 164 Å². The topological polar surface area (TPSA) is 88.8 Å². The van der Waals surface area contributed by atoms with Crippen molar-refractivity contribution in [3.63, 3.8) is 0 Å². The highest BCUT2D eigenvalue weighted by Crippen LogP contribution is 2.30. The molecule has 1 aromatic carbocycles. The van der Waals surface area contributed by atoms with Crippen LogP contribution < -0.4 is 10.1 Å². The largest absolute Gasteiger partial charge is 0.432 e. The van der Waals surface area contributed by atoms with Crippen LogP contribution in [0.1, 0.15) is 41.4 Å². The molecule has 2 aromatic heterocycles. The maximum atomic E-state index is 14.1. The number of aromatic nitrogens is 3. The molecule has 0 spiro atoms. The monoisotopic (exact) mass is 408 g/mol. The maximum absolute atomic E-state index is 14.1. The number of hydrogen-bond donors (Lipinski definition) is 2. The van der Waals surface area contributed by atoms with Crippen LogP contribution in [0.3, 0.4) is 0 Å². The van der Waals surface area contributed by atoms with Gasteiger partial charge in [-0.1, -0.05) is 6.07 Å². The Morgan fingerprint density at radius 3 is 2.66 bits per heavy atom. The standard InChI is InChI=1S/C19H19F3N4O3/c1-10-7-23-16-12(8-24-26(16)9-10)17(27)25-15(19(2,3)28)11-4-5-14(13(20)6-11)29-18(21)22/h4-9,15,18,28H,1-3H3,(H,25,27). The van der Waals surface area contributed by atoms with E-state index in [-0.39, 0.29) is 11.1 Å². The molecular formula is C19H19F3N4O3. The number of alkyl halides is 2. The molecule has 0 fully saturated rings. The number of carbonyl (C=O) groups excluding carboxylic acids is 1. The first kappa shape index (κ1) is 20.6. The van der Waals surface area contributed by atoms with Crippen molar-refractivity contribution >= 4 is 11.6 Å². The van der Waals surface area contributed by atoms with Crippen LogP contribution in [0.4, 0.5) is 13.2 Å². The van der Waals surface area contributed by atoms with Gasteiger partial charge in [0, 0.05) is 12.4 Å². The van der Waals surface area contributed by atoms with E-state index in [1.54, 1.807) is 12.4 Å². The summed E-state index contributed by atoms with van der Waals surface area (Å²) < 4.78 is 44.3. The molecule has 3 rings (SSSR count). The van der Waals surface area contributed by atoms with Gasteiger partial charge < -0.3 is 15.2 Å². The number of aliphatic hydroxyl groups is 1. The summed E-state index contributed by atoms with van der Waals surface area (Å²) in [7, 11) is 0. The van der Waals surface area contributed by atoms with Crippen LogP contribution in [0.25, 0.3) is 5.65 Å². The predicted octanol–water partition coefficient (Wildman–Crippen LogP) is 3.02. The summed E-state index contributed by atoms with van der Waals surface area (Å²) in [6, 6.07) is 2.19. The number of hydrogen-bond acceptors (Lipinski definition) is 5. The molecule has 10 heteroatoms. The molecule has 2 N–H and O–H groups in total. The minimum atomic E-state index is -3.17. The Hall–Kier alpha value is -3.14. The highest BCUT2D eigenvalue weighted by atomic mass is 19.3. The lowest BCUT2D eigenvalue weighted by atomic mass is 9.91. The molecule has 3 aromatic rings. The number of fused-ring (bicyclic) bond motifs is 1. The van der Waals surface area contributed by atoms with Gasteiger partial charge in [0.05, 0.1) is 17.8 Å². The second-order valence-corrected chi connectivity index (χ2v) is 7.09. The van der Waals surface area contributed by atoms with E-state index in [0.717, 1.165) is 17.7 Å². The lowest BCUT2D eigenvalue weighted by molar-refractivity contribution is -0.0522. The van der Waals surface area contributed by atoms with E-state index < -0.39 is 35.7 Å². The van der Waals surface area contributed by atoms with Crippen LogP contribution in [0.2, 0.25) is 0 Å². The molecule has 1 amide bonds. The van der Waals surface area contributed by atoms with Crippen molar-refractivity contribution in [3.8, 4) is 5.75 Å². The summed E-state index contributed by atoms with van der Waals surface area (Å²) in [5.74, 6) is -2.26. The first-order valence-electron chi connectivity index (χ1n) is 8.63. The molecule has 0 aliphatic carbocycles. The third kappa shape index (κ3) is 4.48. The van der Waals surface area contributed by atoms with Crippen molar-refractivity contribution < 1.29 is 27.8 Å². The molecule has 1 unspecified atom stereocenters. The van der Waals surface area contributed by atoms with E-state index >= 15 is 0 Å². The average Bonchev–Trinajstić information content (AvgIpc) is 3.03. The van der Waals surface area contributed by atoms with Crippen molar-refractivity contribution in [2.24, 2.45) is 0 Å². The number of nitrogens with zero attached hydrogens (tertiary/aromatic N) is 3. The third-order valence-electron chi connectivity index (χ3n) is 4.22. The van der Waals surface area contributed by atoms with Gasteiger partial charge in [-0.15, -0.1) is 0 Å². The second-order valence-electron chi connectivity index (χ2n) is 7.09.